The van der Waals surface area contributed by atoms with Gasteiger partial charge in [0.15, 0.2) is 0 Å². The number of benzene rings is 1. The van der Waals surface area contributed by atoms with Crippen LogP contribution in [0.2, 0.25) is 0 Å². The monoisotopic (exact) mass is 277 g/mol. The third-order valence-electron chi connectivity index (χ3n) is 2.81. The predicted molar refractivity (Wildman–Crippen MR) is 71.1 cm³/mol. The molecule has 0 unspecified atom stereocenters. The first kappa shape index (κ1) is 13.9. The zero-order chi connectivity index (χ0) is 14.7. The number of carboxylic acid groups (broad SMARTS) is 1. The summed E-state index contributed by atoms with van der Waals surface area (Å²) in [6.07, 6.45) is -0.170. The van der Waals surface area contributed by atoms with Gasteiger partial charge in [-0.3, -0.25) is 4.79 Å². The van der Waals surface area contributed by atoms with E-state index in [2.05, 4.69) is 4.98 Å². The molecule has 0 aliphatic heterocycles. The van der Waals surface area contributed by atoms with Crippen LogP contribution in [0, 0.1) is 6.92 Å². The lowest BCUT2D eigenvalue weighted by Crippen LogP contribution is -2.01. The lowest BCUT2D eigenvalue weighted by atomic mass is 10.2. The Balaban J connectivity index is 2.43. The molecule has 2 aromatic rings. The lowest BCUT2D eigenvalue weighted by Gasteiger charge is -2.06. The Hall–Kier alpha value is -2.50. The lowest BCUT2D eigenvalue weighted by molar-refractivity contribution is -0.136. The normalized spacial score (nSPS) is 10.3. The Kier molecular flexibility index (Phi) is 3.93. The summed E-state index contributed by atoms with van der Waals surface area (Å²) in [4.78, 5) is 15.0. The number of oxazole rings is 1. The Morgan fingerprint density at radius 1 is 1.25 bits per heavy atom. The van der Waals surface area contributed by atoms with Gasteiger partial charge in [0.25, 0.3) is 0 Å². The summed E-state index contributed by atoms with van der Waals surface area (Å²) in [5, 5.41) is 8.81. The highest BCUT2D eigenvalue weighted by Crippen LogP contribution is 2.30. The van der Waals surface area contributed by atoms with Crippen molar-refractivity contribution in [3.8, 4) is 23.0 Å². The molecule has 20 heavy (non-hydrogen) atoms. The van der Waals surface area contributed by atoms with Crippen molar-refractivity contribution >= 4 is 5.97 Å². The average Bonchev–Trinajstić information content (AvgIpc) is 2.79. The predicted octanol–water partition coefficient (Wildman–Crippen LogP) is 2.29. The van der Waals surface area contributed by atoms with Crippen LogP contribution in [0.1, 0.15) is 11.5 Å². The van der Waals surface area contributed by atoms with Crippen molar-refractivity contribution in [3.05, 3.63) is 29.7 Å². The van der Waals surface area contributed by atoms with Crippen molar-refractivity contribution in [1.82, 2.24) is 4.98 Å². The van der Waals surface area contributed by atoms with Crippen LogP contribution >= 0.6 is 0 Å². The van der Waals surface area contributed by atoms with Gasteiger partial charge in [-0.1, -0.05) is 0 Å². The third kappa shape index (κ3) is 2.90. The van der Waals surface area contributed by atoms with Crippen LogP contribution in [0.4, 0.5) is 0 Å². The van der Waals surface area contributed by atoms with E-state index in [1.165, 1.54) is 0 Å². The van der Waals surface area contributed by atoms with Gasteiger partial charge >= 0.3 is 5.97 Å². The molecule has 0 atom stereocenters. The van der Waals surface area contributed by atoms with Crippen molar-refractivity contribution in [2.24, 2.45) is 0 Å². The van der Waals surface area contributed by atoms with Gasteiger partial charge in [0.05, 0.1) is 26.3 Å². The highest BCUT2D eigenvalue weighted by molar-refractivity contribution is 5.70. The van der Waals surface area contributed by atoms with Gasteiger partial charge in [0, 0.05) is 11.6 Å². The quantitative estimate of drug-likeness (QED) is 0.903. The molecule has 0 aliphatic rings. The van der Waals surface area contributed by atoms with E-state index < -0.39 is 5.97 Å². The molecule has 1 heterocycles. The molecule has 0 saturated heterocycles. The highest BCUT2D eigenvalue weighted by atomic mass is 16.5. The number of methoxy groups -OCH3 is 2. The Bertz CT molecular complexity index is 610. The highest BCUT2D eigenvalue weighted by Gasteiger charge is 2.15. The molecule has 6 nitrogen and oxygen atoms in total. The molecule has 0 aliphatic carbocycles. The summed E-state index contributed by atoms with van der Waals surface area (Å²) >= 11 is 0. The van der Waals surface area contributed by atoms with Gasteiger partial charge in [0.1, 0.15) is 17.3 Å². The van der Waals surface area contributed by atoms with Gasteiger partial charge in [0.2, 0.25) is 5.89 Å². The van der Waals surface area contributed by atoms with Crippen LogP contribution in [-0.2, 0) is 11.2 Å². The van der Waals surface area contributed by atoms with Gasteiger partial charge in [-0.25, -0.2) is 4.98 Å². The minimum Gasteiger partial charge on any atom is -0.497 e. The third-order valence-corrected chi connectivity index (χ3v) is 2.81. The van der Waals surface area contributed by atoms with Gasteiger partial charge < -0.3 is 19.0 Å². The number of aryl methyl sites for hydroxylation is 1. The molecule has 0 radical (unpaired) electrons. The largest absolute Gasteiger partial charge is 0.497 e. The number of hydrogen-bond donors (Lipinski definition) is 1. The van der Waals surface area contributed by atoms with E-state index in [-0.39, 0.29) is 6.42 Å². The zero-order valence-electron chi connectivity index (χ0n) is 11.5. The fourth-order valence-electron chi connectivity index (χ4n) is 1.79. The molecule has 6 heteroatoms. The van der Waals surface area contributed by atoms with E-state index >= 15 is 0 Å². The number of rotatable bonds is 5. The maximum Gasteiger partial charge on any atom is 0.309 e. The molecular weight excluding hydrogens is 262 g/mol. The maximum absolute atomic E-state index is 10.7. The molecule has 0 spiro atoms. The Morgan fingerprint density at radius 3 is 2.35 bits per heavy atom. The molecule has 2 rings (SSSR count). The fraction of sp³-hybridized carbons (Fsp3) is 0.286. The van der Waals surface area contributed by atoms with Crippen LogP contribution in [0.15, 0.2) is 22.6 Å². The molecule has 0 saturated carbocycles. The van der Waals surface area contributed by atoms with E-state index in [4.69, 9.17) is 19.0 Å². The molecule has 1 N–H and O–H groups in total. The first-order valence-electron chi connectivity index (χ1n) is 5.95. The number of carbonyl (C=O) groups is 1. The van der Waals surface area contributed by atoms with Crippen LogP contribution in [0.3, 0.4) is 0 Å². The second-order valence-corrected chi connectivity index (χ2v) is 4.19. The molecule has 1 aromatic carbocycles. The van der Waals surface area contributed by atoms with Gasteiger partial charge in [-0.2, -0.15) is 0 Å². The van der Waals surface area contributed by atoms with Crippen molar-refractivity contribution in [2.45, 2.75) is 13.3 Å². The summed E-state index contributed by atoms with van der Waals surface area (Å²) in [6, 6.07) is 5.23. The van der Waals surface area contributed by atoms with Crippen molar-refractivity contribution < 1.29 is 23.8 Å². The van der Waals surface area contributed by atoms with E-state index in [0.717, 1.165) is 0 Å². The first-order chi connectivity index (χ1) is 9.53. The van der Waals surface area contributed by atoms with Crippen molar-refractivity contribution in [3.63, 3.8) is 0 Å². The molecule has 0 amide bonds. The summed E-state index contributed by atoms with van der Waals surface area (Å²) in [5.41, 5.74) is 1.08. The molecule has 106 valence electrons. The second-order valence-electron chi connectivity index (χ2n) is 4.19. The minimum atomic E-state index is -0.948. The zero-order valence-corrected chi connectivity index (χ0v) is 11.5. The summed E-state index contributed by atoms with van der Waals surface area (Å²) in [6.45, 7) is 1.69. The van der Waals surface area contributed by atoms with Crippen LogP contribution in [-0.4, -0.2) is 30.3 Å². The Labute approximate surface area is 116 Å². The number of aliphatic carboxylic acids is 1. The number of carboxylic acids is 1. The topological polar surface area (TPSA) is 81.8 Å². The van der Waals surface area contributed by atoms with Crippen LogP contribution in [0.5, 0.6) is 11.5 Å². The molecule has 0 fully saturated rings. The van der Waals surface area contributed by atoms with E-state index in [1.807, 2.05) is 0 Å². The first-order valence-corrected chi connectivity index (χ1v) is 5.95. The average molecular weight is 277 g/mol. The molecule has 0 bridgehead atoms. The number of aromatic nitrogens is 1. The number of ether oxygens (including phenoxy) is 2. The smallest absolute Gasteiger partial charge is 0.309 e. The minimum absolute atomic E-state index is 0.170. The molecule has 1 aromatic heterocycles. The summed E-state index contributed by atoms with van der Waals surface area (Å²) < 4.78 is 15.9. The van der Waals surface area contributed by atoms with Gasteiger partial charge in [-0.15, -0.1) is 0 Å². The van der Waals surface area contributed by atoms with Crippen molar-refractivity contribution in [2.75, 3.05) is 14.2 Å². The SMILES string of the molecule is COc1cc(OC)cc(-c2nc(CC(=O)O)c(C)o2)c1. The maximum atomic E-state index is 10.7. The second kappa shape index (κ2) is 5.64. The number of hydrogen-bond acceptors (Lipinski definition) is 5. The van der Waals surface area contributed by atoms with E-state index in [1.54, 1.807) is 39.3 Å². The number of nitrogens with zero attached hydrogens (tertiary/aromatic N) is 1. The summed E-state index contributed by atoms with van der Waals surface area (Å²) in [7, 11) is 3.10. The van der Waals surface area contributed by atoms with E-state index in [9.17, 15) is 4.79 Å². The standard InChI is InChI=1S/C14H15NO5/c1-8-12(7-13(16)17)15-14(20-8)9-4-10(18-2)6-11(5-9)19-3/h4-6H,7H2,1-3H3,(H,16,17). The van der Waals surface area contributed by atoms with E-state index in [0.29, 0.717) is 34.4 Å². The Morgan fingerprint density at radius 2 is 1.85 bits per heavy atom. The van der Waals surface area contributed by atoms with Crippen LogP contribution < -0.4 is 9.47 Å². The summed E-state index contributed by atoms with van der Waals surface area (Å²) in [5.74, 6) is 1.10. The van der Waals surface area contributed by atoms with Crippen LogP contribution in [0.25, 0.3) is 11.5 Å². The molecular formula is C14H15NO5. The van der Waals surface area contributed by atoms with Crippen molar-refractivity contribution in [1.29, 1.82) is 0 Å². The fourth-order valence-corrected chi connectivity index (χ4v) is 1.79. The van der Waals surface area contributed by atoms with Gasteiger partial charge in [-0.05, 0) is 19.1 Å².